The molecule has 0 spiro atoms. The molecule has 2 aliphatic heterocycles. The van der Waals surface area contributed by atoms with Crippen molar-refractivity contribution >= 4 is 5.97 Å². The van der Waals surface area contributed by atoms with E-state index in [9.17, 15) is 4.79 Å². The van der Waals surface area contributed by atoms with E-state index >= 15 is 0 Å². The zero-order valence-corrected chi connectivity index (χ0v) is 11.0. The Balaban J connectivity index is 1.81. The van der Waals surface area contributed by atoms with E-state index in [0.717, 1.165) is 32.5 Å². The van der Waals surface area contributed by atoms with Gasteiger partial charge in [-0.1, -0.05) is 6.92 Å². The molecule has 2 heterocycles. The molecule has 0 radical (unpaired) electrons. The summed E-state index contributed by atoms with van der Waals surface area (Å²) in [4.78, 5) is 13.3. The van der Waals surface area contributed by atoms with Gasteiger partial charge >= 0.3 is 5.97 Å². The molecule has 1 N–H and O–H groups in total. The lowest BCUT2D eigenvalue weighted by Crippen LogP contribution is -2.58. The predicted octanol–water partition coefficient (Wildman–Crippen LogP) is 1.60. The molecule has 2 aliphatic rings. The first-order valence-corrected chi connectivity index (χ1v) is 6.50. The number of carbonyl (C=O) groups is 1. The number of rotatable bonds is 3. The summed E-state index contributed by atoms with van der Waals surface area (Å²) in [5.74, 6) is -0.542. The average Bonchev–Trinajstić information content (AvgIpc) is 2.13. The van der Waals surface area contributed by atoms with Gasteiger partial charge in [0.2, 0.25) is 0 Å². The van der Waals surface area contributed by atoms with Gasteiger partial charge in [-0.2, -0.15) is 0 Å². The van der Waals surface area contributed by atoms with Crippen LogP contribution in [0.5, 0.6) is 0 Å². The van der Waals surface area contributed by atoms with Crippen molar-refractivity contribution in [3.8, 4) is 0 Å². The zero-order valence-electron chi connectivity index (χ0n) is 11.0. The van der Waals surface area contributed by atoms with Crippen LogP contribution in [0, 0.1) is 11.8 Å². The molecular formula is C13H23NO3. The van der Waals surface area contributed by atoms with Crippen LogP contribution in [0.3, 0.4) is 0 Å². The molecule has 2 atom stereocenters. The number of likely N-dealkylation sites (tertiary alicyclic amines) is 1. The minimum atomic E-state index is -0.665. The molecule has 2 saturated heterocycles. The van der Waals surface area contributed by atoms with Crippen LogP contribution in [0.25, 0.3) is 0 Å². The summed E-state index contributed by atoms with van der Waals surface area (Å²) < 4.78 is 5.71. The maximum Gasteiger partial charge on any atom is 0.306 e. The Hall–Kier alpha value is -0.610. The Kier molecular flexibility index (Phi) is 3.46. The van der Waals surface area contributed by atoms with Crippen molar-refractivity contribution in [3.05, 3.63) is 0 Å². The normalized spacial score (nSPS) is 31.8. The lowest BCUT2D eigenvalue weighted by Gasteiger charge is -2.49. The third-order valence-electron chi connectivity index (χ3n) is 4.22. The SMILES string of the molecule is CC(C(=O)O)C1CN(C2CCOC(C)(C)C2)C1. The summed E-state index contributed by atoms with van der Waals surface area (Å²) in [5.41, 5.74) is -0.0214. The number of carboxylic acid groups (broad SMARTS) is 1. The highest BCUT2D eigenvalue weighted by atomic mass is 16.5. The van der Waals surface area contributed by atoms with Crippen LogP contribution in [-0.4, -0.2) is 47.3 Å². The van der Waals surface area contributed by atoms with Crippen LogP contribution in [0.2, 0.25) is 0 Å². The molecule has 0 aromatic heterocycles. The average molecular weight is 241 g/mol. The Bertz CT molecular complexity index is 297. The lowest BCUT2D eigenvalue weighted by atomic mass is 9.83. The maximum atomic E-state index is 10.9. The monoisotopic (exact) mass is 241 g/mol. The molecule has 4 heteroatoms. The highest BCUT2D eigenvalue weighted by Gasteiger charge is 2.41. The molecule has 0 aromatic carbocycles. The second-order valence-electron chi connectivity index (χ2n) is 6.10. The second-order valence-corrected chi connectivity index (χ2v) is 6.10. The molecular weight excluding hydrogens is 218 g/mol. The van der Waals surface area contributed by atoms with Crippen LogP contribution in [0.4, 0.5) is 0 Å². The van der Waals surface area contributed by atoms with Crippen molar-refractivity contribution in [2.45, 2.75) is 45.3 Å². The maximum absolute atomic E-state index is 10.9. The molecule has 4 nitrogen and oxygen atoms in total. The highest BCUT2D eigenvalue weighted by Crippen LogP contribution is 2.33. The first-order chi connectivity index (χ1) is 7.89. The summed E-state index contributed by atoms with van der Waals surface area (Å²) >= 11 is 0. The Morgan fingerprint density at radius 1 is 1.47 bits per heavy atom. The van der Waals surface area contributed by atoms with Crippen molar-refractivity contribution < 1.29 is 14.6 Å². The van der Waals surface area contributed by atoms with E-state index in [-0.39, 0.29) is 11.5 Å². The summed E-state index contributed by atoms with van der Waals surface area (Å²) in [6, 6.07) is 0.580. The van der Waals surface area contributed by atoms with E-state index < -0.39 is 5.97 Å². The minimum absolute atomic E-state index is 0.0214. The number of nitrogens with zero attached hydrogens (tertiary/aromatic N) is 1. The van der Waals surface area contributed by atoms with E-state index in [1.54, 1.807) is 0 Å². The van der Waals surface area contributed by atoms with Gasteiger partial charge < -0.3 is 9.84 Å². The van der Waals surface area contributed by atoms with E-state index in [1.165, 1.54) is 0 Å². The van der Waals surface area contributed by atoms with Crippen LogP contribution in [0.15, 0.2) is 0 Å². The van der Waals surface area contributed by atoms with Crippen molar-refractivity contribution in [1.29, 1.82) is 0 Å². The van der Waals surface area contributed by atoms with Gasteiger partial charge in [0.15, 0.2) is 0 Å². The fraction of sp³-hybridized carbons (Fsp3) is 0.923. The molecule has 2 fully saturated rings. The van der Waals surface area contributed by atoms with Gasteiger partial charge in [-0.05, 0) is 32.6 Å². The topological polar surface area (TPSA) is 49.8 Å². The van der Waals surface area contributed by atoms with Gasteiger partial charge in [-0.3, -0.25) is 9.69 Å². The van der Waals surface area contributed by atoms with Crippen molar-refractivity contribution in [2.24, 2.45) is 11.8 Å². The molecule has 0 bridgehead atoms. The molecule has 0 amide bonds. The molecule has 0 aliphatic carbocycles. The third kappa shape index (κ3) is 2.80. The highest BCUT2D eigenvalue weighted by molar-refractivity contribution is 5.70. The fourth-order valence-electron chi connectivity index (χ4n) is 2.88. The van der Waals surface area contributed by atoms with Gasteiger partial charge in [-0.15, -0.1) is 0 Å². The number of aliphatic carboxylic acids is 1. The number of hydrogen-bond donors (Lipinski definition) is 1. The van der Waals surface area contributed by atoms with E-state index in [0.29, 0.717) is 12.0 Å². The van der Waals surface area contributed by atoms with Gasteiger partial charge in [0.05, 0.1) is 11.5 Å². The number of carboxylic acids is 1. The Morgan fingerprint density at radius 2 is 2.12 bits per heavy atom. The number of ether oxygens (including phenoxy) is 1. The first-order valence-electron chi connectivity index (χ1n) is 6.50. The molecule has 17 heavy (non-hydrogen) atoms. The third-order valence-corrected chi connectivity index (χ3v) is 4.22. The largest absolute Gasteiger partial charge is 0.481 e. The minimum Gasteiger partial charge on any atom is -0.481 e. The Labute approximate surface area is 103 Å². The summed E-state index contributed by atoms with van der Waals surface area (Å²) in [5, 5.41) is 8.96. The first kappa shape index (κ1) is 12.8. The van der Waals surface area contributed by atoms with Gasteiger partial charge in [0, 0.05) is 25.7 Å². The van der Waals surface area contributed by atoms with Crippen LogP contribution < -0.4 is 0 Å². The molecule has 0 aromatic rings. The van der Waals surface area contributed by atoms with Gasteiger partial charge in [-0.25, -0.2) is 0 Å². The summed E-state index contributed by atoms with van der Waals surface area (Å²) in [7, 11) is 0. The molecule has 2 rings (SSSR count). The van der Waals surface area contributed by atoms with Crippen molar-refractivity contribution in [2.75, 3.05) is 19.7 Å². The van der Waals surface area contributed by atoms with Gasteiger partial charge in [0.25, 0.3) is 0 Å². The Morgan fingerprint density at radius 3 is 2.65 bits per heavy atom. The lowest BCUT2D eigenvalue weighted by molar-refractivity contribution is -0.148. The number of hydrogen-bond acceptors (Lipinski definition) is 3. The van der Waals surface area contributed by atoms with Crippen molar-refractivity contribution in [3.63, 3.8) is 0 Å². The van der Waals surface area contributed by atoms with Crippen molar-refractivity contribution in [1.82, 2.24) is 4.90 Å². The predicted molar refractivity (Wildman–Crippen MR) is 64.9 cm³/mol. The standard InChI is InChI=1S/C13H23NO3/c1-9(12(15)16)10-7-14(8-10)11-4-5-17-13(2,3)6-11/h9-11H,4-8H2,1-3H3,(H,15,16). The quantitative estimate of drug-likeness (QED) is 0.815. The van der Waals surface area contributed by atoms with E-state index in [4.69, 9.17) is 9.84 Å². The smallest absolute Gasteiger partial charge is 0.306 e. The summed E-state index contributed by atoms with van der Waals surface area (Å²) in [6.45, 7) is 8.79. The van der Waals surface area contributed by atoms with E-state index in [1.807, 2.05) is 6.92 Å². The molecule has 98 valence electrons. The second kappa shape index (κ2) is 4.58. The van der Waals surface area contributed by atoms with E-state index in [2.05, 4.69) is 18.7 Å². The van der Waals surface area contributed by atoms with Crippen LogP contribution >= 0.6 is 0 Å². The zero-order chi connectivity index (χ0) is 12.6. The summed E-state index contributed by atoms with van der Waals surface area (Å²) in [6.07, 6.45) is 2.14. The molecule has 2 unspecified atom stereocenters. The van der Waals surface area contributed by atoms with Crippen LogP contribution in [-0.2, 0) is 9.53 Å². The van der Waals surface area contributed by atoms with Gasteiger partial charge in [0.1, 0.15) is 0 Å². The molecule has 0 saturated carbocycles. The fourth-order valence-corrected chi connectivity index (χ4v) is 2.88. The van der Waals surface area contributed by atoms with Crippen LogP contribution in [0.1, 0.15) is 33.6 Å².